The van der Waals surface area contributed by atoms with Crippen molar-refractivity contribution < 1.29 is 14.3 Å². The van der Waals surface area contributed by atoms with Crippen molar-refractivity contribution in [3.8, 4) is 11.5 Å². The van der Waals surface area contributed by atoms with E-state index in [2.05, 4.69) is 30.0 Å². The minimum atomic E-state index is -0.315. The fourth-order valence-corrected chi connectivity index (χ4v) is 2.25. The monoisotopic (exact) mass is 367 g/mol. The summed E-state index contributed by atoms with van der Waals surface area (Å²) in [6.45, 7) is 10.8. The highest BCUT2D eigenvalue weighted by molar-refractivity contribution is 7.80. The molecule has 1 aromatic carbocycles. The van der Waals surface area contributed by atoms with Gasteiger partial charge in [-0.2, -0.15) is 0 Å². The maximum Gasteiger partial charge on any atom is 0.269 e. The first-order valence-electron chi connectivity index (χ1n) is 8.31. The second kappa shape index (κ2) is 9.46. The van der Waals surface area contributed by atoms with E-state index in [9.17, 15) is 4.79 Å². The Bertz CT molecular complexity index is 598. The first-order chi connectivity index (χ1) is 11.6. The Labute approximate surface area is 155 Å². The number of rotatable bonds is 6. The molecule has 0 aromatic heterocycles. The molecule has 0 atom stereocenters. The summed E-state index contributed by atoms with van der Waals surface area (Å²) in [5.74, 6) is 1.39. The molecule has 1 amide bonds. The van der Waals surface area contributed by atoms with E-state index in [0.717, 1.165) is 6.42 Å². The minimum Gasteiger partial charge on any atom is -0.493 e. The van der Waals surface area contributed by atoms with Crippen molar-refractivity contribution in [3.63, 3.8) is 0 Å². The summed E-state index contributed by atoms with van der Waals surface area (Å²) in [5, 5.41) is 3.40. The Morgan fingerprint density at radius 3 is 2.44 bits per heavy atom. The van der Waals surface area contributed by atoms with Crippen LogP contribution >= 0.6 is 12.2 Å². The lowest BCUT2D eigenvalue weighted by Crippen LogP contribution is -2.52. The Balaban J connectivity index is 2.65. The van der Waals surface area contributed by atoms with Gasteiger partial charge in [-0.05, 0) is 63.5 Å². The highest BCUT2D eigenvalue weighted by atomic mass is 32.1. The number of carbonyl (C=O) groups excluding carboxylic acids is 1. The second-order valence-corrected chi connectivity index (χ2v) is 7.59. The van der Waals surface area contributed by atoms with E-state index in [0.29, 0.717) is 34.7 Å². The van der Waals surface area contributed by atoms with Crippen LogP contribution in [0.3, 0.4) is 0 Å². The summed E-state index contributed by atoms with van der Waals surface area (Å²) in [7, 11) is 1.55. The molecule has 0 unspecified atom stereocenters. The summed E-state index contributed by atoms with van der Waals surface area (Å²) < 4.78 is 11.0. The molecule has 0 spiro atoms. The normalized spacial score (nSPS) is 11.0. The summed E-state index contributed by atoms with van der Waals surface area (Å²) in [6, 6.07) is 5.06. The van der Waals surface area contributed by atoms with Crippen LogP contribution in [-0.2, 0) is 0 Å². The van der Waals surface area contributed by atoms with E-state index in [1.165, 1.54) is 0 Å². The van der Waals surface area contributed by atoms with Crippen LogP contribution in [0, 0.1) is 5.92 Å². The van der Waals surface area contributed by atoms with Gasteiger partial charge in [0.1, 0.15) is 0 Å². The third kappa shape index (κ3) is 8.07. The molecule has 0 radical (unpaired) electrons. The van der Waals surface area contributed by atoms with E-state index in [-0.39, 0.29) is 11.4 Å². The largest absolute Gasteiger partial charge is 0.493 e. The maximum atomic E-state index is 12.2. The fraction of sp³-hybridized carbons (Fsp3) is 0.556. The minimum absolute atomic E-state index is 0.187. The molecule has 0 bridgehead atoms. The molecule has 25 heavy (non-hydrogen) atoms. The average Bonchev–Trinajstić information content (AvgIpc) is 2.50. The number of hydrogen-bond donors (Lipinski definition) is 3. The highest BCUT2D eigenvalue weighted by Crippen LogP contribution is 2.28. The first kappa shape index (κ1) is 21.0. The van der Waals surface area contributed by atoms with Crippen LogP contribution in [0.15, 0.2) is 18.2 Å². The Morgan fingerprint density at radius 2 is 1.88 bits per heavy atom. The van der Waals surface area contributed by atoms with Gasteiger partial charge in [0.05, 0.1) is 13.7 Å². The number of benzene rings is 1. The Hall–Kier alpha value is -2.02. The van der Waals surface area contributed by atoms with Gasteiger partial charge in [0, 0.05) is 11.1 Å². The lowest BCUT2D eigenvalue weighted by atomic mass is 10.1. The zero-order chi connectivity index (χ0) is 19.0. The molecular formula is C18H29N3O3S. The number of carbonyl (C=O) groups is 1. The lowest BCUT2D eigenvalue weighted by Gasteiger charge is -2.23. The van der Waals surface area contributed by atoms with Crippen LogP contribution in [0.5, 0.6) is 11.5 Å². The van der Waals surface area contributed by atoms with Crippen molar-refractivity contribution >= 4 is 23.2 Å². The van der Waals surface area contributed by atoms with Gasteiger partial charge in [0.2, 0.25) is 0 Å². The molecule has 0 aliphatic carbocycles. The number of amides is 1. The SMILES string of the molecule is COc1cc(C(=O)NNC(=S)NC(C)(C)C)ccc1OCCC(C)C. The molecule has 0 aliphatic heterocycles. The zero-order valence-corrected chi connectivity index (χ0v) is 16.7. The molecule has 7 heteroatoms. The summed E-state index contributed by atoms with van der Waals surface area (Å²) in [6.07, 6.45) is 0.952. The van der Waals surface area contributed by atoms with Crippen LogP contribution in [-0.4, -0.2) is 30.3 Å². The van der Waals surface area contributed by atoms with Gasteiger partial charge in [-0.15, -0.1) is 0 Å². The van der Waals surface area contributed by atoms with Gasteiger partial charge in [-0.25, -0.2) is 0 Å². The maximum absolute atomic E-state index is 12.2. The number of hydrogen-bond acceptors (Lipinski definition) is 4. The Kier molecular flexibility index (Phi) is 7.96. The predicted octanol–water partition coefficient (Wildman–Crippen LogP) is 3.03. The van der Waals surface area contributed by atoms with Gasteiger partial charge in [0.15, 0.2) is 16.6 Å². The lowest BCUT2D eigenvalue weighted by molar-refractivity contribution is 0.0943. The van der Waals surface area contributed by atoms with Crippen LogP contribution in [0.1, 0.15) is 51.4 Å². The quantitative estimate of drug-likeness (QED) is 0.530. The predicted molar refractivity (Wildman–Crippen MR) is 104 cm³/mol. The van der Waals surface area contributed by atoms with Crippen molar-refractivity contribution in [3.05, 3.63) is 23.8 Å². The first-order valence-corrected chi connectivity index (χ1v) is 8.72. The Morgan fingerprint density at radius 1 is 1.20 bits per heavy atom. The molecule has 140 valence electrons. The topological polar surface area (TPSA) is 71.6 Å². The fourth-order valence-electron chi connectivity index (χ4n) is 1.89. The van der Waals surface area contributed by atoms with E-state index < -0.39 is 0 Å². The van der Waals surface area contributed by atoms with Gasteiger partial charge < -0.3 is 14.8 Å². The number of hydrazine groups is 1. The van der Waals surface area contributed by atoms with Crippen LogP contribution < -0.4 is 25.6 Å². The standard InChI is InChI=1S/C18H29N3O3S/c1-12(2)9-10-24-14-8-7-13(11-15(14)23-6)16(22)20-21-17(25)19-18(3,4)5/h7-8,11-12H,9-10H2,1-6H3,(H,20,22)(H2,19,21,25). The van der Waals surface area contributed by atoms with E-state index in [1.807, 2.05) is 20.8 Å². The van der Waals surface area contributed by atoms with Crippen molar-refractivity contribution in [1.29, 1.82) is 0 Å². The summed E-state index contributed by atoms with van der Waals surface area (Å²) in [5.41, 5.74) is 5.50. The molecule has 1 rings (SSSR count). The molecule has 1 aromatic rings. The third-order valence-corrected chi connectivity index (χ3v) is 3.36. The van der Waals surface area contributed by atoms with Crippen molar-refractivity contribution in [2.45, 2.75) is 46.6 Å². The number of thiocarbonyl (C=S) groups is 1. The number of ether oxygens (including phenoxy) is 2. The second-order valence-electron chi connectivity index (χ2n) is 7.18. The molecular weight excluding hydrogens is 338 g/mol. The zero-order valence-electron chi connectivity index (χ0n) is 15.9. The molecule has 0 saturated carbocycles. The van der Waals surface area contributed by atoms with E-state index in [1.54, 1.807) is 25.3 Å². The van der Waals surface area contributed by atoms with Crippen molar-refractivity contribution in [2.24, 2.45) is 5.92 Å². The average molecular weight is 368 g/mol. The smallest absolute Gasteiger partial charge is 0.269 e. The molecule has 3 N–H and O–H groups in total. The molecule has 0 heterocycles. The molecule has 6 nitrogen and oxygen atoms in total. The van der Waals surface area contributed by atoms with Gasteiger partial charge in [-0.3, -0.25) is 15.6 Å². The number of nitrogens with one attached hydrogen (secondary N) is 3. The van der Waals surface area contributed by atoms with Gasteiger partial charge in [-0.1, -0.05) is 13.8 Å². The van der Waals surface area contributed by atoms with Gasteiger partial charge in [0.25, 0.3) is 5.91 Å². The van der Waals surface area contributed by atoms with E-state index in [4.69, 9.17) is 21.7 Å². The van der Waals surface area contributed by atoms with Crippen LogP contribution in [0.4, 0.5) is 0 Å². The number of methoxy groups -OCH3 is 1. The summed E-state index contributed by atoms with van der Waals surface area (Å²) >= 11 is 5.13. The van der Waals surface area contributed by atoms with Gasteiger partial charge >= 0.3 is 0 Å². The molecule has 0 aliphatic rings. The third-order valence-electron chi connectivity index (χ3n) is 3.16. The van der Waals surface area contributed by atoms with Crippen molar-refractivity contribution in [1.82, 2.24) is 16.2 Å². The highest BCUT2D eigenvalue weighted by Gasteiger charge is 2.14. The molecule has 0 saturated heterocycles. The summed E-state index contributed by atoms with van der Waals surface area (Å²) in [4.78, 5) is 12.2. The molecule has 0 fully saturated rings. The van der Waals surface area contributed by atoms with Crippen LogP contribution in [0.25, 0.3) is 0 Å². The van der Waals surface area contributed by atoms with E-state index >= 15 is 0 Å². The van der Waals surface area contributed by atoms with Crippen LogP contribution in [0.2, 0.25) is 0 Å². The van der Waals surface area contributed by atoms with Crippen molar-refractivity contribution in [2.75, 3.05) is 13.7 Å².